The van der Waals surface area contributed by atoms with Gasteiger partial charge in [0.2, 0.25) is 5.78 Å². The van der Waals surface area contributed by atoms with Gasteiger partial charge in [-0.1, -0.05) is 36.4 Å². The molecule has 0 saturated heterocycles. The van der Waals surface area contributed by atoms with Crippen molar-refractivity contribution in [2.24, 2.45) is 0 Å². The fraction of sp³-hybridized carbons (Fsp3) is 0.200. The molecule has 1 aliphatic heterocycles. The Morgan fingerprint density at radius 2 is 2.00 bits per heavy atom. The lowest BCUT2D eigenvalue weighted by Gasteiger charge is -2.22. The van der Waals surface area contributed by atoms with Gasteiger partial charge in [-0.3, -0.25) is 4.79 Å². The lowest BCUT2D eigenvalue weighted by molar-refractivity contribution is 0.103. The summed E-state index contributed by atoms with van der Waals surface area (Å²) in [7, 11) is 2.11. The van der Waals surface area contributed by atoms with Gasteiger partial charge in [0.25, 0.3) is 0 Å². The molecule has 24 heavy (non-hydrogen) atoms. The highest BCUT2D eigenvalue weighted by molar-refractivity contribution is 6.14. The van der Waals surface area contributed by atoms with Crippen molar-refractivity contribution in [1.29, 1.82) is 0 Å². The van der Waals surface area contributed by atoms with Crippen LogP contribution >= 0.6 is 0 Å². The minimum absolute atomic E-state index is 0.0171. The van der Waals surface area contributed by atoms with Gasteiger partial charge in [0, 0.05) is 35.8 Å². The maximum absolute atomic E-state index is 13.0. The quantitative estimate of drug-likeness (QED) is 0.752. The van der Waals surface area contributed by atoms with Crippen LogP contribution in [0.15, 0.2) is 54.7 Å². The summed E-state index contributed by atoms with van der Waals surface area (Å²) in [5.41, 5.74) is 4.35. The molecular weight excluding hydrogens is 298 g/mol. The highest BCUT2D eigenvalue weighted by Crippen LogP contribution is 2.32. The van der Waals surface area contributed by atoms with E-state index in [1.807, 2.05) is 42.5 Å². The van der Waals surface area contributed by atoms with Crippen LogP contribution in [0.1, 0.15) is 28.0 Å². The molecule has 0 saturated carbocycles. The summed E-state index contributed by atoms with van der Waals surface area (Å²) >= 11 is 0. The van der Waals surface area contributed by atoms with Crippen LogP contribution < -0.4 is 0 Å². The van der Waals surface area contributed by atoms with Gasteiger partial charge >= 0.3 is 0 Å². The second-order valence-corrected chi connectivity index (χ2v) is 6.21. The molecule has 0 radical (unpaired) electrons. The zero-order valence-corrected chi connectivity index (χ0v) is 13.6. The lowest BCUT2D eigenvalue weighted by Crippen LogP contribution is -2.24. The Kier molecular flexibility index (Phi) is 3.75. The molecule has 3 heterocycles. The molecule has 0 aliphatic carbocycles. The van der Waals surface area contributed by atoms with E-state index in [0.29, 0.717) is 11.3 Å². The van der Waals surface area contributed by atoms with Crippen molar-refractivity contribution in [2.75, 3.05) is 20.1 Å². The van der Waals surface area contributed by atoms with Gasteiger partial charge in [-0.25, -0.2) is 4.98 Å². The minimum Gasteiger partial charge on any atom is -0.336 e. The average Bonchev–Trinajstić information content (AvgIpc) is 3.02. The first-order chi connectivity index (χ1) is 11.7. The van der Waals surface area contributed by atoms with Gasteiger partial charge < -0.3 is 9.88 Å². The maximum atomic E-state index is 13.0. The van der Waals surface area contributed by atoms with Crippen LogP contribution in [-0.2, 0) is 0 Å². The third kappa shape index (κ3) is 2.55. The number of hydrogen-bond donors (Lipinski definition) is 1. The average molecular weight is 317 g/mol. The molecule has 0 atom stereocenters. The van der Waals surface area contributed by atoms with Crippen molar-refractivity contribution in [1.82, 2.24) is 14.9 Å². The fourth-order valence-electron chi connectivity index (χ4n) is 3.26. The zero-order valence-electron chi connectivity index (χ0n) is 13.6. The number of nitrogens with zero attached hydrogens (tertiary/aromatic N) is 2. The summed E-state index contributed by atoms with van der Waals surface area (Å²) in [5.74, 6) is 0.0171. The molecule has 1 aromatic carbocycles. The molecule has 0 spiro atoms. The first kappa shape index (κ1) is 14.8. The van der Waals surface area contributed by atoms with Crippen molar-refractivity contribution in [2.45, 2.75) is 6.42 Å². The number of hydrogen-bond acceptors (Lipinski definition) is 3. The highest BCUT2D eigenvalue weighted by Gasteiger charge is 2.23. The third-order valence-corrected chi connectivity index (χ3v) is 4.57. The maximum Gasteiger partial charge on any atom is 0.209 e. The monoisotopic (exact) mass is 317 g/mol. The largest absolute Gasteiger partial charge is 0.336 e. The standard InChI is InChI=1S/C20H19N3O/c1-23-12-9-14(10-13-23)17-16-8-5-11-21-20(16)22-18(17)19(24)15-6-3-2-4-7-15/h2-9,11H,10,12-13H2,1H3,(H,21,22). The van der Waals surface area contributed by atoms with E-state index in [1.165, 1.54) is 5.57 Å². The number of carbonyl (C=O) groups excluding carboxylic acids is 1. The van der Waals surface area contributed by atoms with Crippen LogP contribution in [0.3, 0.4) is 0 Å². The molecule has 4 rings (SSSR count). The summed E-state index contributed by atoms with van der Waals surface area (Å²) < 4.78 is 0. The van der Waals surface area contributed by atoms with Crippen molar-refractivity contribution in [3.05, 3.63) is 71.6 Å². The number of ketones is 1. The summed E-state index contributed by atoms with van der Waals surface area (Å²) in [4.78, 5) is 23.0. The van der Waals surface area contributed by atoms with Crippen LogP contribution in [0.4, 0.5) is 0 Å². The smallest absolute Gasteiger partial charge is 0.209 e. The lowest BCUT2D eigenvalue weighted by atomic mass is 9.94. The van der Waals surface area contributed by atoms with Crippen LogP contribution in [-0.4, -0.2) is 40.8 Å². The normalized spacial score (nSPS) is 15.5. The molecule has 1 N–H and O–H groups in total. The number of pyridine rings is 1. The van der Waals surface area contributed by atoms with Crippen LogP contribution in [0.5, 0.6) is 0 Å². The van der Waals surface area contributed by atoms with Crippen LogP contribution in [0.2, 0.25) is 0 Å². The Morgan fingerprint density at radius 3 is 2.75 bits per heavy atom. The van der Waals surface area contributed by atoms with E-state index in [9.17, 15) is 4.79 Å². The summed E-state index contributed by atoms with van der Waals surface area (Å²) in [6.45, 7) is 1.90. The molecule has 0 unspecified atom stereocenters. The zero-order chi connectivity index (χ0) is 16.5. The second-order valence-electron chi connectivity index (χ2n) is 6.21. The van der Waals surface area contributed by atoms with Crippen molar-refractivity contribution in [3.8, 4) is 0 Å². The van der Waals surface area contributed by atoms with Gasteiger partial charge in [0.05, 0.1) is 5.69 Å². The Hall–Kier alpha value is -2.72. The van der Waals surface area contributed by atoms with Gasteiger partial charge in [0.1, 0.15) is 5.65 Å². The SMILES string of the molecule is CN1CC=C(c2c(C(=O)c3ccccc3)[nH]c3ncccc23)CC1. The van der Waals surface area contributed by atoms with Gasteiger partial charge in [-0.2, -0.15) is 0 Å². The molecule has 4 nitrogen and oxygen atoms in total. The minimum atomic E-state index is 0.0171. The Bertz CT molecular complexity index is 924. The molecule has 2 aromatic heterocycles. The number of H-pyrrole nitrogens is 1. The number of likely N-dealkylation sites (N-methyl/N-ethyl adjacent to an activating group) is 1. The first-order valence-corrected chi connectivity index (χ1v) is 8.18. The number of fused-ring (bicyclic) bond motifs is 1. The number of benzene rings is 1. The molecule has 0 amide bonds. The van der Waals surface area contributed by atoms with E-state index in [4.69, 9.17) is 0 Å². The molecule has 4 heteroatoms. The topological polar surface area (TPSA) is 49.0 Å². The Labute approximate surface area is 140 Å². The van der Waals surface area contributed by atoms with E-state index < -0.39 is 0 Å². The van der Waals surface area contributed by atoms with Crippen molar-refractivity contribution < 1.29 is 4.79 Å². The van der Waals surface area contributed by atoms with Gasteiger partial charge in [0.15, 0.2) is 0 Å². The number of aromatic nitrogens is 2. The molecule has 0 bridgehead atoms. The van der Waals surface area contributed by atoms with Gasteiger partial charge in [-0.05, 0) is 31.2 Å². The van der Waals surface area contributed by atoms with Crippen molar-refractivity contribution in [3.63, 3.8) is 0 Å². The van der Waals surface area contributed by atoms with Gasteiger partial charge in [-0.15, -0.1) is 0 Å². The number of rotatable bonds is 3. The highest BCUT2D eigenvalue weighted by atomic mass is 16.1. The fourth-order valence-corrected chi connectivity index (χ4v) is 3.26. The molecule has 1 aliphatic rings. The van der Waals surface area contributed by atoms with Crippen LogP contribution in [0.25, 0.3) is 16.6 Å². The molecular formula is C20H19N3O. The van der Waals surface area contributed by atoms with E-state index in [1.54, 1.807) is 6.20 Å². The Balaban J connectivity index is 1.89. The predicted molar refractivity (Wildman–Crippen MR) is 96.1 cm³/mol. The molecule has 0 fully saturated rings. The van der Waals surface area contributed by atoms with Crippen LogP contribution in [0, 0.1) is 0 Å². The molecule has 3 aromatic rings. The summed E-state index contributed by atoms with van der Waals surface area (Å²) in [6.07, 6.45) is 4.91. The summed E-state index contributed by atoms with van der Waals surface area (Å²) in [5, 5.41) is 1.02. The van der Waals surface area contributed by atoms with E-state index >= 15 is 0 Å². The number of aromatic amines is 1. The summed E-state index contributed by atoms with van der Waals surface area (Å²) in [6, 6.07) is 13.4. The van der Waals surface area contributed by atoms with E-state index in [2.05, 4.69) is 28.0 Å². The number of nitrogens with one attached hydrogen (secondary N) is 1. The second kappa shape index (κ2) is 6.06. The first-order valence-electron chi connectivity index (χ1n) is 8.18. The van der Waals surface area contributed by atoms with E-state index in [-0.39, 0.29) is 5.78 Å². The molecule has 120 valence electrons. The predicted octanol–water partition coefficient (Wildman–Crippen LogP) is 3.51. The Morgan fingerprint density at radius 1 is 1.17 bits per heavy atom. The van der Waals surface area contributed by atoms with Crippen molar-refractivity contribution >= 4 is 22.4 Å². The third-order valence-electron chi connectivity index (χ3n) is 4.57. The van der Waals surface area contributed by atoms with E-state index in [0.717, 1.165) is 36.1 Å². The number of carbonyl (C=O) groups is 1.